The second kappa shape index (κ2) is 9.67. The number of hydrogen-bond acceptors (Lipinski definition) is 7. The number of aromatic nitrogens is 4. The Balaban J connectivity index is 1.50. The summed E-state index contributed by atoms with van der Waals surface area (Å²) in [6.45, 7) is 1.77. The molecule has 0 radical (unpaired) electrons. The predicted octanol–water partition coefficient (Wildman–Crippen LogP) is 5.36. The Morgan fingerprint density at radius 1 is 1.11 bits per heavy atom. The number of benzene rings is 2. The number of nitro benzene ring substituents is 1. The minimum atomic E-state index is -0.691. The minimum absolute atomic E-state index is 0.142. The number of nitro groups is 1. The molecule has 2 heterocycles. The molecule has 1 saturated carbocycles. The quantitative estimate of drug-likeness (QED) is 0.202. The molecule has 1 amide bonds. The average molecular weight is 487 g/mol. The number of nitrogens with one attached hydrogen (secondary N) is 1. The first kappa shape index (κ1) is 22.7. The largest absolute Gasteiger partial charge is 0.319 e. The number of amides is 1. The first-order valence-corrected chi connectivity index (χ1v) is 12.0. The van der Waals surface area contributed by atoms with Crippen LogP contribution in [0.4, 0.5) is 11.4 Å². The molecule has 1 unspecified atom stereocenters. The van der Waals surface area contributed by atoms with Crippen LogP contribution >= 0.6 is 11.8 Å². The second-order valence-electron chi connectivity index (χ2n) is 8.32. The lowest BCUT2D eigenvalue weighted by molar-refractivity contribution is -0.384. The van der Waals surface area contributed by atoms with Gasteiger partial charge in [0.05, 0.1) is 4.92 Å². The zero-order valence-corrected chi connectivity index (χ0v) is 19.7. The summed E-state index contributed by atoms with van der Waals surface area (Å²) in [7, 11) is 0. The molecule has 9 nitrogen and oxygen atoms in total. The van der Waals surface area contributed by atoms with Crippen molar-refractivity contribution in [1.82, 2.24) is 19.7 Å². The molecule has 0 spiro atoms. The van der Waals surface area contributed by atoms with Crippen LogP contribution in [0, 0.1) is 17.0 Å². The first-order valence-electron chi connectivity index (χ1n) is 11.1. The molecule has 2 aromatic carbocycles. The SMILES string of the molecule is Cc1ccc(NC(=O)C(Sc2nnc(-c3ccncc3)n2C2CC2)c2ccccc2)c([N+](=O)[O-])c1. The smallest absolute Gasteiger partial charge is 0.293 e. The predicted molar refractivity (Wildman–Crippen MR) is 133 cm³/mol. The van der Waals surface area contributed by atoms with Crippen LogP contribution in [0.3, 0.4) is 0 Å². The summed E-state index contributed by atoms with van der Waals surface area (Å²) in [4.78, 5) is 28.7. The average Bonchev–Trinajstić information content (AvgIpc) is 3.63. The molecule has 176 valence electrons. The number of hydrogen-bond donors (Lipinski definition) is 1. The highest BCUT2D eigenvalue weighted by Gasteiger charge is 2.33. The highest BCUT2D eigenvalue weighted by molar-refractivity contribution is 8.00. The van der Waals surface area contributed by atoms with E-state index in [-0.39, 0.29) is 23.3 Å². The molecule has 1 fully saturated rings. The van der Waals surface area contributed by atoms with Crippen molar-refractivity contribution in [2.75, 3.05) is 5.32 Å². The van der Waals surface area contributed by atoms with Gasteiger partial charge in [-0.05, 0) is 49.1 Å². The molecular formula is C25H22N6O3S. The van der Waals surface area contributed by atoms with Gasteiger partial charge in [0.2, 0.25) is 5.91 Å². The summed E-state index contributed by atoms with van der Waals surface area (Å²) >= 11 is 1.29. The van der Waals surface area contributed by atoms with E-state index < -0.39 is 10.2 Å². The third-order valence-electron chi connectivity index (χ3n) is 5.69. The van der Waals surface area contributed by atoms with Gasteiger partial charge in [-0.2, -0.15) is 0 Å². The molecule has 35 heavy (non-hydrogen) atoms. The lowest BCUT2D eigenvalue weighted by Gasteiger charge is -2.17. The van der Waals surface area contributed by atoms with E-state index in [0.29, 0.717) is 5.16 Å². The summed E-state index contributed by atoms with van der Waals surface area (Å²) in [5, 5.41) is 23.1. The molecule has 1 atom stereocenters. The van der Waals surface area contributed by atoms with Gasteiger partial charge in [-0.3, -0.25) is 24.5 Å². The van der Waals surface area contributed by atoms with Gasteiger partial charge in [-0.1, -0.05) is 48.2 Å². The third-order valence-corrected chi connectivity index (χ3v) is 6.90. The Morgan fingerprint density at radius 2 is 1.86 bits per heavy atom. The number of nitrogens with zero attached hydrogens (tertiary/aromatic N) is 5. The van der Waals surface area contributed by atoms with Crippen LogP contribution in [0.15, 0.2) is 78.2 Å². The van der Waals surface area contributed by atoms with Crippen molar-refractivity contribution in [3.63, 3.8) is 0 Å². The molecule has 0 bridgehead atoms. The van der Waals surface area contributed by atoms with Crippen LogP contribution in [-0.4, -0.2) is 30.6 Å². The zero-order valence-electron chi connectivity index (χ0n) is 18.9. The van der Waals surface area contributed by atoms with Gasteiger partial charge in [0.25, 0.3) is 5.69 Å². The van der Waals surface area contributed by atoms with Gasteiger partial charge in [-0.15, -0.1) is 10.2 Å². The summed E-state index contributed by atoms with van der Waals surface area (Å²) in [6, 6.07) is 18.1. The number of carbonyl (C=O) groups is 1. The monoisotopic (exact) mass is 486 g/mol. The van der Waals surface area contributed by atoms with Gasteiger partial charge in [0.1, 0.15) is 10.9 Å². The van der Waals surface area contributed by atoms with Crippen molar-refractivity contribution in [3.05, 3.63) is 94.3 Å². The summed E-state index contributed by atoms with van der Waals surface area (Å²) in [5.41, 5.74) is 2.43. The molecule has 2 aromatic heterocycles. The highest BCUT2D eigenvalue weighted by atomic mass is 32.2. The van der Waals surface area contributed by atoms with Crippen molar-refractivity contribution in [2.24, 2.45) is 0 Å². The maximum absolute atomic E-state index is 13.5. The van der Waals surface area contributed by atoms with Crippen LogP contribution in [0.5, 0.6) is 0 Å². The fourth-order valence-electron chi connectivity index (χ4n) is 3.82. The number of carbonyl (C=O) groups excluding carboxylic acids is 1. The van der Waals surface area contributed by atoms with E-state index in [1.807, 2.05) is 42.5 Å². The van der Waals surface area contributed by atoms with Crippen molar-refractivity contribution in [1.29, 1.82) is 0 Å². The van der Waals surface area contributed by atoms with Crippen molar-refractivity contribution in [3.8, 4) is 11.4 Å². The number of aryl methyl sites for hydroxylation is 1. The molecule has 0 aliphatic heterocycles. The number of rotatable bonds is 8. The lowest BCUT2D eigenvalue weighted by atomic mass is 10.1. The Bertz CT molecular complexity index is 1370. The molecule has 1 aliphatic carbocycles. The van der Waals surface area contributed by atoms with Crippen LogP contribution in [0.2, 0.25) is 0 Å². The summed E-state index contributed by atoms with van der Waals surface area (Å²) in [5.74, 6) is 0.364. The number of thioether (sulfide) groups is 1. The third kappa shape index (κ3) is 4.92. The normalized spacial score (nSPS) is 13.9. The Labute approximate surface area is 205 Å². The molecule has 1 N–H and O–H groups in total. The fourth-order valence-corrected chi connectivity index (χ4v) is 4.93. The fraction of sp³-hybridized carbons (Fsp3) is 0.200. The Hall–Kier alpha value is -4.05. The molecule has 4 aromatic rings. The van der Waals surface area contributed by atoms with E-state index in [4.69, 9.17) is 0 Å². The van der Waals surface area contributed by atoms with Crippen molar-refractivity contribution in [2.45, 2.75) is 36.2 Å². The number of anilines is 1. The molecule has 1 aliphatic rings. The maximum Gasteiger partial charge on any atom is 0.293 e. The van der Waals surface area contributed by atoms with Gasteiger partial charge in [-0.25, -0.2) is 0 Å². The highest BCUT2D eigenvalue weighted by Crippen LogP contribution is 2.44. The van der Waals surface area contributed by atoms with E-state index in [2.05, 4.69) is 25.1 Å². The van der Waals surface area contributed by atoms with E-state index in [1.54, 1.807) is 31.5 Å². The second-order valence-corrected chi connectivity index (χ2v) is 9.39. The van der Waals surface area contributed by atoms with Gasteiger partial charge < -0.3 is 5.32 Å². The molecule has 10 heteroatoms. The summed E-state index contributed by atoms with van der Waals surface area (Å²) < 4.78 is 2.08. The maximum atomic E-state index is 13.5. The summed E-state index contributed by atoms with van der Waals surface area (Å²) in [6.07, 6.45) is 5.45. The van der Waals surface area contributed by atoms with E-state index >= 15 is 0 Å². The molecular weight excluding hydrogens is 464 g/mol. The van der Waals surface area contributed by atoms with Crippen LogP contribution in [0.1, 0.15) is 35.3 Å². The standard InChI is InChI=1S/C25H22N6O3S/c1-16-7-10-20(21(15-16)31(33)34)27-24(32)22(17-5-3-2-4-6-17)35-25-29-28-23(30(25)19-8-9-19)18-11-13-26-14-12-18/h2-7,10-15,19,22H,8-9H2,1H3,(H,27,32). The Morgan fingerprint density at radius 3 is 2.54 bits per heavy atom. The topological polar surface area (TPSA) is 116 Å². The van der Waals surface area contributed by atoms with Gasteiger partial charge >= 0.3 is 0 Å². The minimum Gasteiger partial charge on any atom is -0.319 e. The first-order chi connectivity index (χ1) is 17.0. The zero-order chi connectivity index (χ0) is 24.4. The van der Waals surface area contributed by atoms with Crippen molar-refractivity contribution >= 4 is 29.0 Å². The van der Waals surface area contributed by atoms with E-state index in [1.165, 1.54) is 17.8 Å². The van der Waals surface area contributed by atoms with Crippen LogP contribution in [0.25, 0.3) is 11.4 Å². The number of pyridine rings is 1. The van der Waals surface area contributed by atoms with E-state index in [9.17, 15) is 14.9 Å². The van der Waals surface area contributed by atoms with Crippen molar-refractivity contribution < 1.29 is 9.72 Å². The van der Waals surface area contributed by atoms with E-state index in [0.717, 1.165) is 35.4 Å². The van der Waals surface area contributed by atoms with Crippen LogP contribution < -0.4 is 5.32 Å². The Kier molecular flexibility index (Phi) is 6.28. The van der Waals surface area contributed by atoms with Crippen LogP contribution in [-0.2, 0) is 4.79 Å². The lowest BCUT2D eigenvalue weighted by Crippen LogP contribution is -2.20. The molecule has 5 rings (SSSR count). The van der Waals surface area contributed by atoms with Gasteiger partial charge in [0.15, 0.2) is 11.0 Å². The molecule has 0 saturated heterocycles. The van der Waals surface area contributed by atoms with Gasteiger partial charge in [0, 0.05) is 30.1 Å².